The summed E-state index contributed by atoms with van der Waals surface area (Å²) >= 11 is 1.40. The number of carboxylic acids is 1. The Morgan fingerprint density at radius 3 is 2.50 bits per heavy atom. The fourth-order valence-electron chi connectivity index (χ4n) is 3.08. The molecule has 144 valence electrons. The van der Waals surface area contributed by atoms with E-state index in [1.54, 1.807) is 0 Å². The smallest absolute Gasteiger partial charge is 0.340 e. The Bertz CT molecular complexity index is 969. The van der Waals surface area contributed by atoms with Gasteiger partial charge in [-0.1, -0.05) is 59.2 Å². The maximum Gasteiger partial charge on any atom is 0.340 e. The molecule has 0 radical (unpaired) electrons. The normalized spacial score (nSPS) is 14.6. The summed E-state index contributed by atoms with van der Waals surface area (Å²) in [5.41, 5.74) is -0.269. The summed E-state index contributed by atoms with van der Waals surface area (Å²) in [6.07, 6.45) is 0.0697. The standard InChI is InChI=1S/C21H20NO4PS/c23-20(24)21(25,14-27-26)17(12-15-6-2-1-3-7-15)13-28-19-11-10-16-8-4-5-9-18(16)22-19/h1-11,17,25H,12-14H2,(H,23,24)/p+1. The molecule has 0 amide bonds. The van der Waals surface area contributed by atoms with E-state index in [0.29, 0.717) is 12.2 Å². The molecular weight excluding hydrogens is 393 g/mol. The Kier molecular flexibility index (Phi) is 6.79. The highest BCUT2D eigenvalue weighted by Crippen LogP contribution is 2.32. The molecule has 2 aromatic carbocycles. The second kappa shape index (κ2) is 9.28. The van der Waals surface area contributed by atoms with Gasteiger partial charge in [0.05, 0.1) is 10.5 Å². The van der Waals surface area contributed by atoms with Crippen molar-refractivity contribution in [3.63, 3.8) is 0 Å². The highest BCUT2D eigenvalue weighted by atomic mass is 32.2. The van der Waals surface area contributed by atoms with Crippen molar-refractivity contribution in [1.82, 2.24) is 4.98 Å². The average molecular weight is 414 g/mol. The predicted octanol–water partition coefficient (Wildman–Crippen LogP) is 4.03. The summed E-state index contributed by atoms with van der Waals surface area (Å²) in [5, 5.41) is 22.3. The van der Waals surface area contributed by atoms with Crippen LogP contribution >= 0.6 is 20.2 Å². The molecule has 3 aromatic rings. The first-order valence-corrected chi connectivity index (χ1v) is 11.0. The quantitative estimate of drug-likeness (QED) is 0.406. The van der Waals surface area contributed by atoms with Crippen LogP contribution in [-0.4, -0.2) is 38.7 Å². The van der Waals surface area contributed by atoms with Crippen LogP contribution in [-0.2, 0) is 15.8 Å². The van der Waals surface area contributed by atoms with Gasteiger partial charge in [0.2, 0.25) is 5.60 Å². The van der Waals surface area contributed by atoms with Gasteiger partial charge in [-0.2, -0.15) is 0 Å². The third-order valence-electron chi connectivity index (χ3n) is 4.72. The highest BCUT2D eigenvalue weighted by Gasteiger charge is 2.47. The van der Waals surface area contributed by atoms with Crippen LogP contribution < -0.4 is 0 Å². The number of hydrogen-bond donors (Lipinski definition) is 2. The van der Waals surface area contributed by atoms with Crippen molar-refractivity contribution in [2.45, 2.75) is 17.0 Å². The molecule has 3 rings (SSSR count). The first kappa shape index (κ1) is 20.5. The molecule has 1 aromatic heterocycles. The number of thioether (sulfide) groups is 1. The van der Waals surface area contributed by atoms with Gasteiger partial charge < -0.3 is 10.2 Å². The van der Waals surface area contributed by atoms with Crippen molar-refractivity contribution >= 4 is 37.1 Å². The first-order valence-electron chi connectivity index (χ1n) is 8.86. The monoisotopic (exact) mass is 414 g/mol. The Morgan fingerprint density at radius 2 is 1.79 bits per heavy atom. The highest BCUT2D eigenvalue weighted by molar-refractivity contribution is 7.99. The van der Waals surface area contributed by atoms with Crippen LogP contribution in [0.5, 0.6) is 0 Å². The molecular formula is C21H21NO4PS+. The van der Waals surface area contributed by atoms with Gasteiger partial charge in [-0.15, -0.1) is 11.8 Å². The molecule has 3 unspecified atom stereocenters. The number of carbonyl (C=O) groups is 1. The lowest BCUT2D eigenvalue weighted by Gasteiger charge is -2.28. The molecule has 5 nitrogen and oxygen atoms in total. The minimum atomic E-state index is -2.06. The molecule has 0 aliphatic rings. The van der Waals surface area contributed by atoms with Crippen LogP contribution in [0.1, 0.15) is 5.56 Å². The predicted molar refractivity (Wildman–Crippen MR) is 113 cm³/mol. The number of pyridine rings is 1. The number of rotatable bonds is 9. The summed E-state index contributed by atoms with van der Waals surface area (Å²) in [6.45, 7) is 0. The van der Waals surface area contributed by atoms with Crippen molar-refractivity contribution in [1.29, 1.82) is 0 Å². The molecule has 2 N–H and O–H groups in total. The third-order valence-corrected chi connectivity index (χ3v) is 6.49. The van der Waals surface area contributed by atoms with Crippen molar-refractivity contribution in [2.24, 2.45) is 5.92 Å². The van der Waals surface area contributed by atoms with E-state index in [9.17, 15) is 19.6 Å². The van der Waals surface area contributed by atoms with Crippen LogP contribution in [0.15, 0.2) is 71.8 Å². The van der Waals surface area contributed by atoms with Crippen molar-refractivity contribution in [2.75, 3.05) is 11.9 Å². The lowest BCUT2D eigenvalue weighted by molar-refractivity contribution is -0.160. The van der Waals surface area contributed by atoms with E-state index in [0.717, 1.165) is 21.5 Å². The van der Waals surface area contributed by atoms with E-state index >= 15 is 0 Å². The number of aliphatic carboxylic acids is 1. The topological polar surface area (TPSA) is 87.5 Å². The molecule has 7 heteroatoms. The van der Waals surface area contributed by atoms with Crippen molar-refractivity contribution < 1.29 is 19.6 Å². The van der Waals surface area contributed by atoms with Gasteiger partial charge in [-0.25, -0.2) is 9.78 Å². The molecule has 0 fully saturated rings. The number of carboxylic acid groups (broad SMARTS) is 1. The summed E-state index contributed by atoms with van der Waals surface area (Å²) in [6, 6.07) is 21.1. The first-order chi connectivity index (χ1) is 13.5. The van der Waals surface area contributed by atoms with Gasteiger partial charge in [-0.05, 0) is 24.1 Å². The molecule has 3 atom stereocenters. The van der Waals surface area contributed by atoms with E-state index in [1.165, 1.54) is 11.8 Å². The second-order valence-corrected chi connectivity index (χ2v) is 8.27. The van der Waals surface area contributed by atoms with Crippen LogP contribution in [0.2, 0.25) is 0 Å². The Morgan fingerprint density at radius 1 is 1.07 bits per heavy atom. The number of hydrogen-bond acceptors (Lipinski definition) is 5. The Labute approximate surface area is 169 Å². The largest absolute Gasteiger partial charge is 0.479 e. The third kappa shape index (κ3) is 4.76. The number of aliphatic hydroxyl groups is 1. The fraction of sp³-hybridized carbons (Fsp3) is 0.238. The molecule has 0 bridgehead atoms. The zero-order valence-electron chi connectivity index (χ0n) is 15.1. The van der Waals surface area contributed by atoms with Crippen LogP contribution in [0, 0.1) is 5.92 Å². The summed E-state index contributed by atoms with van der Waals surface area (Å²) in [7, 11) is -0.892. The number of aromatic nitrogens is 1. The maximum absolute atomic E-state index is 11.8. The number of para-hydroxylation sites is 1. The average Bonchev–Trinajstić information content (AvgIpc) is 2.71. The Balaban J connectivity index is 1.84. The molecule has 28 heavy (non-hydrogen) atoms. The van der Waals surface area contributed by atoms with E-state index < -0.39 is 25.9 Å². The minimum absolute atomic E-state index is 0.300. The lowest BCUT2D eigenvalue weighted by atomic mass is 9.85. The van der Waals surface area contributed by atoms with Gasteiger partial charge in [0.15, 0.2) is 6.16 Å². The van der Waals surface area contributed by atoms with Crippen LogP contribution in [0.3, 0.4) is 0 Å². The van der Waals surface area contributed by atoms with Gasteiger partial charge >= 0.3 is 14.4 Å². The van der Waals surface area contributed by atoms with Gasteiger partial charge in [0.1, 0.15) is 0 Å². The summed E-state index contributed by atoms with van der Waals surface area (Å²) < 4.78 is 11.2. The molecule has 0 aliphatic carbocycles. The van der Waals surface area contributed by atoms with Crippen molar-refractivity contribution in [3.05, 3.63) is 72.3 Å². The fourth-order valence-corrected chi connectivity index (χ4v) is 4.84. The summed E-state index contributed by atoms with van der Waals surface area (Å²) in [4.78, 5) is 16.4. The van der Waals surface area contributed by atoms with Gasteiger partial charge in [0, 0.05) is 17.1 Å². The Hall–Kier alpha value is -2.27. The molecule has 0 aliphatic heterocycles. The summed E-state index contributed by atoms with van der Waals surface area (Å²) in [5.74, 6) is -1.62. The van der Waals surface area contributed by atoms with Gasteiger partial charge in [0.25, 0.3) is 0 Å². The number of benzene rings is 2. The molecule has 0 spiro atoms. The molecule has 0 saturated carbocycles. The van der Waals surface area contributed by atoms with Gasteiger partial charge in [-0.3, -0.25) is 0 Å². The SMILES string of the molecule is O=[PH+]CC(O)(C(=O)O)C(CSc1ccc2ccccc2n1)Cc1ccccc1. The number of nitrogens with zero attached hydrogens (tertiary/aromatic N) is 1. The second-order valence-electron chi connectivity index (χ2n) is 6.59. The molecule has 1 heterocycles. The lowest BCUT2D eigenvalue weighted by Crippen LogP contribution is -2.49. The molecule has 0 saturated heterocycles. The van der Waals surface area contributed by atoms with E-state index in [-0.39, 0.29) is 6.16 Å². The van der Waals surface area contributed by atoms with Crippen LogP contribution in [0.4, 0.5) is 0 Å². The minimum Gasteiger partial charge on any atom is -0.479 e. The van der Waals surface area contributed by atoms with Crippen LogP contribution in [0.25, 0.3) is 10.9 Å². The zero-order chi connectivity index (χ0) is 20.0. The number of fused-ring (bicyclic) bond motifs is 1. The van der Waals surface area contributed by atoms with Crippen molar-refractivity contribution in [3.8, 4) is 0 Å². The van der Waals surface area contributed by atoms with E-state index in [4.69, 9.17) is 0 Å². The zero-order valence-corrected chi connectivity index (χ0v) is 16.9. The van der Waals surface area contributed by atoms with E-state index in [1.807, 2.05) is 66.7 Å². The maximum atomic E-state index is 11.8. The van der Waals surface area contributed by atoms with E-state index in [2.05, 4.69) is 4.98 Å².